The second-order valence-corrected chi connectivity index (χ2v) is 8.84. The summed E-state index contributed by atoms with van der Waals surface area (Å²) in [6, 6.07) is 7.44. The molecule has 0 spiro atoms. The predicted molar refractivity (Wildman–Crippen MR) is 124 cm³/mol. The van der Waals surface area contributed by atoms with Gasteiger partial charge in [0.15, 0.2) is 0 Å². The summed E-state index contributed by atoms with van der Waals surface area (Å²) >= 11 is 0. The molecule has 9 heteroatoms. The van der Waals surface area contributed by atoms with Gasteiger partial charge in [-0.2, -0.15) is 5.10 Å². The number of rotatable bonds is 8. The molecule has 2 unspecified atom stereocenters. The van der Waals surface area contributed by atoms with Crippen molar-refractivity contribution >= 4 is 17.6 Å². The van der Waals surface area contributed by atoms with E-state index in [1.807, 2.05) is 48.6 Å². The number of carbonyl (C=O) groups is 2. The zero-order valence-electron chi connectivity index (χ0n) is 18.8. The summed E-state index contributed by atoms with van der Waals surface area (Å²) in [4.78, 5) is 24.7. The van der Waals surface area contributed by atoms with Crippen molar-refractivity contribution in [3.05, 3.63) is 59.7 Å². The molecular formula is C24H29N5O4. The number of allylic oxidation sites excluding steroid dienone is 2. The van der Waals surface area contributed by atoms with Crippen LogP contribution in [-0.2, 0) is 27.4 Å². The lowest BCUT2D eigenvalue weighted by atomic mass is 9.89. The summed E-state index contributed by atoms with van der Waals surface area (Å²) in [5, 5.41) is 7.53. The molecule has 0 bridgehead atoms. The fourth-order valence-corrected chi connectivity index (χ4v) is 4.08. The lowest BCUT2D eigenvalue weighted by Crippen LogP contribution is -2.43. The fourth-order valence-electron chi connectivity index (χ4n) is 4.08. The molecule has 2 amide bonds. The van der Waals surface area contributed by atoms with E-state index in [9.17, 15) is 9.59 Å². The number of nitrogens with zero attached hydrogens (tertiary/aromatic N) is 2. The molecule has 1 aromatic carbocycles. The van der Waals surface area contributed by atoms with Gasteiger partial charge in [0, 0.05) is 24.6 Å². The number of anilines is 1. The van der Waals surface area contributed by atoms with Crippen LogP contribution >= 0.6 is 0 Å². The molecule has 9 nitrogen and oxygen atoms in total. The first kappa shape index (κ1) is 22.8. The third-order valence-corrected chi connectivity index (χ3v) is 6.02. The van der Waals surface area contributed by atoms with Crippen molar-refractivity contribution in [2.24, 2.45) is 17.1 Å². The lowest BCUT2D eigenvalue weighted by Gasteiger charge is -2.37. The highest BCUT2D eigenvalue weighted by Crippen LogP contribution is 2.33. The van der Waals surface area contributed by atoms with Gasteiger partial charge < -0.3 is 26.3 Å². The predicted octanol–water partition coefficient (Wildman–Crippen LogP) is 1.64. The Hall–Kier alpha value is -3.43. The van der Waals surface area contributed by atoms with Gasteiger partial charge in [0.2, 0.25) is 5.91 Å². The van der Waals surface area contributed by atoms with E-state index in [0.29, 0.717) is 32.0 Å². The summed E-state index contributed by atoms with van der Waals surface area (Å²) in [6.07, 6.45) is 7.12. The van der Waals surface area contributed by atoms with Crippen LogP contribution in [0.2, 0.25) is 0 Å². The van der Waals surface area contributed by atoms with Gasteiger partial charge in [0.05, 0.1) is 31.8 Å². The first-order valence-electron chi connectivity index (χ1n) is 10.8. The molecule has 4 rings (SSSR count). The first-order valence-corrected chi connectivity index (χ1v) is 10.8. The van der Waals surface area contributed by atoms with Gasteiger partial charge in [0.1, 0.15) is 17.1 Å². The van der Waals surface area contributed by atoms with Gasteiger partial charge in [-0.25, -0.2) is 4.68 Å². The van der Waals surface area contributed by atoms with Crippen LogP contribution in [0.4, 0.5) is 5.82 Å². The zero-order chi connectivity index (χ0) is 23.6. The number of ether oxygens (including phenoxy) is 2. The standard InChI is InChI=1S/C24H29N5O4/c1-24(13-33-14-24)12-29-21(25)19(22(26)30)20(28-29)16-9-7-15(8-10-16)11-27-23(31)17-5-3-4-6-18(17)32-2/h3-10,17-18H,11-14,25H2,1-2H3,(H2,26,30)(H,27,31). The number of carbonyl (C=O) groups excluding carboxylic acids is 2. The molecule has 2 aliphatic rings. The van der Waals surface area contributed by atoms with Crippen LogP contribution < -0.4 is 16.8 Å². The monoisotopic (exact) mass is 451 g/mol. The third-order valence-electron chi connectivity index (χ3n) is 6.02. The van der Waals surface area contributed by atoms with Crippen molar-refractivity contribution in [3.8, 4) is 11.3 Å². The van der Waals surface area contributed by atoms with Crippen LogP contribution in [0.25, 0.3) is 11.3 Å². The number of aromatic nitrogens is 2. The van der Waals surface area contributed by atoms with Crippen molar-refractivity contribution in [2.45, 2.75) is 26.1 Å². The Morgan fingerprint density at radius 2 is 1.94 bits per heavy atom. The van der Waals surface area contributed by atoms with Crippen molar-refractivity contribution in [1.29, 1.82) is 0 Å². The van der Waals surface area contributed by atoms with Gasteiger partial charge in [-0.3, -0.25) is 9.59 Å². The van der Waals surface area contributed by atoms with Gasteiger partial charge >= 0.3 is 0 Å². The average Bonchev–Trinajstić information content (AvgIpc) is 3.12. The van der Waals surface area contributed by atoms with Crippen LogP contribution in [-0.4, -0.2) is 48.0 Å². The molecule has 1 saturated heterocycles. The largest absolute Gasteiger partial charge is 0.383 e. The minimum atomic E-state index is -0.623. The van der Waals surface area contributed by atoms with E-state index < -0.39 is 5.91 Å². The SMILES string of the molecule is COC1C=CC=CC1C(=O)NCc1ccc(-c2nn(CC3(C)COC3)c(N)c2C(N)=O)cc1. The molecule has 1 fully saturated rings. The van der Waals surface area contributed by atoms with Gasteiger partial charge in [-0.1, -0.05) is 55.5 Å². The Labute approximate surface area is 192 Å². The number of methoxy groups -OCH3 is 1. The van der Waals surface area contributed by atoms with Crippen LogP contribution in [0.3, 0.4) is 0 Å². The minimum Gasteiger partial charge on any atom is -0.383 e. The van der Waals surface area contributed by atoms with E-state index >= 15 is 0 Å². The molecule has 5 N–H and O–H groups in total. The molecule has 174 valence electrons. The van der Waals surface area contributed by atoms with Crippen molar-refractivity contribution in [1.82, 2.24) is 15.1 Å². The molecule has 2 heterocycles. The number of primary amides is 1. The van der Waals surface area contributed by atoms with Crippen LogP contribution in [0.15, 0.2) is 48.6 Å². The van der Waals surface area contributed by atoms with Crippen molar-refractivity contribution < 1.29 is 19.1 Å². The number of nitrogen functional groups attached to an aromatic ring is 1. The summed E-state index contributed by atoms with van der Waals surface area (Å²) in [6.45, 7) is 4.22. The van der Waals surface area contributed by atoms with E-state index in [1.54, 1.807) is 11.8 Å². The summed E-state index contributed by atoms with van der Waals surface area (Å²) in [5.74, 6) is -0.846. The van der Waals surface area contributed by atoms with E-state index in [1.165, 1.54) is 0 Å². The molecular weight excluding hydrogens is 422 g/mol. The normalized spacial score (nSPS) is 20.9. The summed E-state index contributed by atoms with van der Waals surface area (Å²) < 4.78 is 12.3. The molecule has 33 heavy (non-hydrogen) atoms. The zero-order valence-corrected chi connectivity index (χ0v) is 18.8. The quantitative estimate of drug-likeness (QED) is 0.559. The minimum absolute atomic E-state index is 0.0699. The topological polar surface area (TPSA) is 134 Å². The lowest BCUT2D eigenvalue weighted by molar-refractivity contribution is -0.126. The Morgan fingerprint density at radius 3 is 2.55 bits per heavy atom. The van der Waals surface area contributed by atoms with E-state index in [4.69, 9.17) is 20.9 Å². The van der Waals surface area contributed by atoms with Gasteiger partial charge in [-0.15, -0.1) is 0 Å². The molecule has 0 radical (unpaired) electrons. The Kier molecular flexibility index (Phi) is 6.35. The maximum Gasteiger partial charge on any atom is 0.254 e. The molecule has 2 aromatic rings. The number of nitrogens with one attached hydrogen (secondary N) is 1. The molecule has 0 saturated carbocycles. The molecule has 1 aliphatic carbocycles. The van der Waals surface area contributed by atoms with Crippen LogP contribution in [0, 0.1) is 11.3 Å². The highest BCUT2D eigenvalue weighted by atomic mass is 16.5. The third kappa shape index (κ3) is 4.69. The van der Waals surface area contributed by atoms with E-state index in [-0.39, 0.29) is 34.7 Å². The first-order chi connectivity index (χ1) is 15.8. The maximum absolute atomic E-state index is 12.6. The Bertz CT molecular complexity index is 1100. The Morgan fingerprint density at radius 1 is 1.24 bits per heavy atom. The van der Waals surface area contributed by atoms with Gasteiger partial charge in [-0.05, 0) is 5.56 Å². The van der Waals surface area contributed by atoms with Crippen LogP contribution in [0.5, 0.6) is 0 Å². The van der Waals surface area contributed by atoms with E-state index in [2.05, 4.69) is 17.3 Å². The molecule has 2 atom stereocenters. The van der Waals surface area contributed by atoms with E-state index in [0.717, 1.165) is 11.1 Å². The smallest absolute Gasteiger partial charge is 0.254 e. The van der Waals surface area contributed by atoms with Crippen molar-refractivity contribution in [2.75, 3.05) is 26.1 Å². The summed E-state index contributed by atoms with van der Waals surface area (Å²) in [7, 11) is 1.59. The maximum atomic E-state index is 12.6. The number of nitrogens with two attached hydrogens (primary N) is 2. The number of hydrogen-bond acceptors (Lipinski definition) is 6. The van der Waals surface area contributed by atoms with Crippen molar-refractivity contribution in [3.63, 3.8) is 0 Å². The highest BCUT2D eigenvalue weighted by Gasteiger charge is 2.35. The number of hydrogen-bond donors (Lipinski definition) is 3. The number of benzene rings is 1. The second-order valence-electron chi connectivity index (χ2n) is 8.84. The number of amides is 2. The molecule has 1 aliphatic heterocycles. The van der Waals surface area contributed by atoms with Gasteiger partial charge in [0.25, 0.3) is 5.91 Å². The average molecular weight is 452 g/mol. The highest BCUT2D eigenvalue weighted by molar-refractivity contribution is 6.03. The fraction of sp³-hybridized carbons (Fsp3) is 0.375. The second kappa shape index (κ2) is 9.21. The Balaban J connectivity index is 1.47. The van der Waals surface area contributed by atoms with Crippen LogP contribution in [0.1, 0.15) is 22.8 Å². The molecule has 1 aromatic heterocycles. The summed E-state index contributed by atoms with van der Waals surface area (Å²) in [5.41, 5.74) is 14.1.